The minimum atomic E-state index is -0.532. The Morgan fingerprint density at radius 1 is 0.750 bits per heavy atom. The maximum Gasteiger partial charge on any atom is 0.308 e. The topological polar surface area (TPSA) is 106 Å². The highest BCUT2D eigenvalue weighted by Crippen LogP contribution is 2.33. The summed E-state index contributed by atoms with van der Waals surface area (Å²) in [6.45, 7) is 14.9. The number of nitrogens with one attached hydrogen (secondary N) is 2. The van der Waals surface area contributed by atoms with Crippen LogP contribution in [0.5, 0.6) is 17.2 Å². The van der Waals surface area contributed by atoms with Gasteiger partial charge in [0.2, 0.25) is 0 Å². The Balaban J connectivity index is 0.000000827. The summed E-state index contributed by atoms with van der Waals surface area (Å²) in [5.74, 6) is 0.271. The highest BCUT2D eigenvalue weighted by Gasteiger charge is 2.20. The summed E-state index contributed by atoms with van der Waals surface area (Å²) >= 11 is 0. The van der Waals surface area contributed by atoms with E-state index in [1.165, 1.54) is 23.6 Å². The zero-order chi connectivity index (χ0) is 37.9. The average molecular weight is 704 g/mol. The molecule has 0 aromatic heterocycles. The lowest BCUT2D eigenvalue weighted by atomic mass is 9.98. The van der Waals surface area contributed by atoms with Crippen molar-refractivity contribution in [2.45, 2.75) is 40.2 Å². The minimum absolute atomic E-state index is 0.144. The number of rotatable bonds is 12. The molecule has 9 heteroatoms. The number of nitrogens with zero attached hydrogens (tertiary/aromatic N) is 1. The molecule has 272 valence electrons. The Morgan fingerprint density at radius 3 is 1.94 bits per heavy atom. The van der Waals surface area contributed by atoms with Gasteiger partial charge in [-0.05, 0) is 78.1 Å². The first-order chi connectivity index (χ1) is 25.3. The number of allylic oxidation sites excluding steroid dienone is 4. The van der Waals surface area contributed by atoms with E-state index in [4.69, 9.17) is 14.2 Å². The number of carbonyl (C=O) groups is 3. The first-order valence-corrected chi connectivity index (χ1v) is 17.2. The molecular formula is C43H49N3O6. The second kappa shape index (κ2) is 21.3. The summed E-state index contributed by atoms with van der Waals surface area (Å²) in [6, 6.07) is 25.1. The number of amides is 2. The van der Waals surface area contributed by atoms with Crippen molar-refractivity contribution in [3.8, 4) is 17.2 Å². The fraction of sp³-hybridized carbons (Fsp3) is 0.233. The van der Waals surface area contributed by atoms with E-state index in [0.29, 0.717) is 16.9 Å². The number of anilines is 2. The van der Waals surface area contributed by atoms with Crippen LogP contribution >= 0.6 is 0 Å². The number of benzene rings is 4. The monoisotopic (exact) mass is 703 g/mol. The molecule has 1 aliphatic heterocycles. The molecule has 4 aromatic carbocycles. The van der Waals surface area contributed by atoms with Gasteiger partial charge in [0.1, 0.15) is 5.75 Å². The molecule has 0 bridgehead atoms. The lowest BCUT2D eigenvalue weighted by Crippen LogP contribution is -2.32. The molecule has 2 N–H and O–H groups in total. The molecule has 4 aromatic rings. The molecule has 5 rings (SSSR count). The van der Waals surface area contributed by atoms with Crippen molar-refractivity contribution in [3.05, 3.63) is 150 Å². The molecule has 0 unspecified atom stereocenters. The van der Waals surface area contributed by atoms with Gasteiger partial charge >= 0.3 is 5.97 Å². The molecule has 0 radical (unpaired) electrons. The highest BCUT2D eigenvalue weighted by molar-refractivity contribution is 6.13. The number of fused-ring (bicyclic) bond motifs is 1. The Hall–Kier alpha value is -5.93. The standard InChI is InChI=1S/C35H35N3O6.C6H8.C2H6/c1-23(39)44-31-11-7-5-9-29(31)35(41)37-30-10-6-4-8-28(30)34(40)36-27-14-12-24(13-15-27)16-18-38-19-17-25-20-32(42-2)33(43-3)21-26(25)22-38;1-3-5-6-4-2;1-2/h4-15,20-21H,16-19,22H2,1-3H3,(H,36,40)(H,37,41);3-6H,1-2H2;1-2H3/b;6-5-;. The Kier molecular flexibility index (Phi) is 16.6. The maximum absolute atomic E-state index is 13.2. The van der Waals surface area contributed by atoms with Gasteiger partial charge in [0.05, 0.1) is 31.0 Å². The average Bonchev–Trinajstić information content (AvgIpc) is 3.17. The van der Waals surface area contributed by atoms with E-state index < -0.39 is 11.9 Å². The van der Waals surface area contributed by atoms with Crippen LogP contribution < -0.4 is 24.8 Å². The number of esters is 1. The van der Waals surface area contributed by atoms with Gasteiger partial charge < -0.3 is 24.8 Å². The van der Waals surface area contributed by atoms with E-state index in [9.17, 15) is 14.4 Å². The van der Waals surface area contributed by atoms with Crippen LogP contribution in [0.2, 0.25) is 0 Å². The zero-order valence-electron chi connectivity index (χ0n) is 30.7. The van der Waals surface area contributed by atoms with Crippen LogP contribution in [0.3, 0.4) is 0 Å². The lowest BCUT2D eigenvalue weighted by molar-refractivity contribution is -0.131. The van der Waals surface area contributed by atoms with Crippen molar-refractivity contribution in [1.29, 1.82) is 0 Å². The second-order valence-corrected chi connectivity index (χ2v) is 11.3. The molecule has 1 heterocycles. The van der Waals surface area contributed by atoms with Crippen molar-refractivity contribution in [2.24, 2.45) is 0 Å². The molecule has 9 nitrogen and oxygen atoms in total. The molecule has 52 heavy (non-hydrogen) atoms. The van der Waals surface area contributed by atoms with E-state index in [1.54, 1.807) is 74.9 Å². The predicted molar refractivity (Wildman–Crippen MR) is 210 cm³/mol. The SMILES string of the molecule is C=C/C=C\C=C.CC.COc1cc2c(cc1OC)CN(CCc1ccc(NC(=O)c3ccccc3NC(=O)c3ccccc3OC(C)=O)cc1)CC2. The van der Waals surface area contributed by atoms with E-state index in [2.05, 4.69) is 40.8 Å². The zero-order valence-corrected chi connectivity index (χ0v) is 30.7. The summed E-state index contributed by atoms with van der Waals surface area (Å²) in [5.41, 5.74) is 5.19. The van der Waals surface area contributed by atoms with Gasteiger partial charge in [0, 0.05) is 32.2 Å². The highest BCUT2D eigenvalue weighted by atomic mass is 16.5. The van der Waals surface area contributed by atoms with E-state index in [1.807, 2.05) is 50.3 Å². The maximum atomic E-state index is 13.2. The quantitative estimate of drug-likeness (QED) is 0.0864. The first-order valence-electron chi connectivity index (χ1n) is 17.2. The molecule has 0 saturated carbocycles. The summed E-state index contributed by atoms with van der Waals surface area (Å²) in [4.78, 5) is 40.1. The number of para-hydroxylation sites is 2. The molecule has 1 aliphatic rings. The number of ether oxygens (including phenoxy) is 3. The number of methoxy groups -OCH3 is 2. The lowest BCUT2D eigenvalue weighted by Gasteiger charge is -2.29. The Morgan fingerprint density at radius 2 is 1.33 bits per heavy atom. The van der Waals surface area contributed by atoms with Crippen LogP contribution in [0.15, 0.2) is 122 Å². The van der Waals surface area contributed by atoms with Crippen LogP contribution in [0.1, 0.15) is 58.2 Å². The number of carbonyl (C=O) groups excluding carboxylic acids is 3. The molecule has 0 saturated heterocycles. The van der Waals surface area contributed by atoms with Gasteiger partial charge in [0.25, 0.3) is 11.8 Å². The molecule has 0 aliphatic carbocycles. The summed E-state index contributed by atoms with van der Waals surface area (Å²) in [7, 11) is 3.31. The first kappa shape index (κ1) is 40.5. The van der Waals surface area contributed by atoms with Crippen molar-refractivity contribution >= 4 is 29.2 Å². The largest absolute Gasteiger partial charge is 0.493 e. The van der Waals surface area contributed by atoms with Gasteiger partial charge in [-0.2, -0.15) is 0 Å². The number of hydrogen-bond donors (Lipinski definition) is 2. The van der Waals surface area contributed by atoms with Crippen molar-refractivity contribution in [2.75, 3.05) is 37.9 Å². The summed E-state index contributed by atoms with van der Waals surface area (Å²) in [6.07, 6.45) is 8.91. The van der Waals surface area contributed by atoms with Gasteiger partial charge in [-0.25, -0.2) is 0 Å². The smallest absolute Gasteiger partial charge is 0.308 e. The fourth-order valence-corrected chi connectivity index (χ4v) is 5.41. The Bertz CT molecular complexity index is 1840. The van der Waals surface area contributed by atoms with Gasteiger partial charge in [0.15, 0.2) is 11.5 Å². The van der Waals surface area contributed by atoms with Gasteiger partial charge in [-0.3, -0.25) is 19.3 Å². The van der Waals surface area contributed by atoms with E-state index >= 15 is 0 Å². The van der Waals surface area contributed by atoms with Crippen LogP contribution in [-0.2, 0) is 24.2 Å². The molecule has 2 amide bonds. The molecule has 0 spiro atoms. The molecule has 0 atom stereocenters. The third kappa shape index (κ3) is 11.8. The van der Waals surface area contributed by atoms with Crippen molar-refractivity contribution in [3.63, 3.8) is 0 Å². The second-order valence-electron chi connectivity index (χ2n) is 11.3. The van der Waals surface area contributed by atoms with E-state index in [0.717, 1.165) is 44.0 Å². The number of hydrogen-bond acceptors (Lipinski definition) is 7. The van der Waals surface area contributed by atoms with Crippen LogP contribution in [0, 0.1) is 0 Å². The summed E-state index contributed by atoms with van der Waals surface area (Å²) in [5, 5.41) is 5.69. The van der Waals surface area contributed by atoms with Crippen LogP contribution in [0.4, 0.5) is 11.4 Å². The minimum Gasteiger partial charge on any atom is -0.493 e. The summed E-state index contributed by atoms with van der Waals surface area (Å²) < 4.78 is 16.1. The fourth-order valence-electron chi connectivity index (χ4n) is 5.41. The molecule has 0 fully saturated rings. The van der Waals surface area contributed by atoms with Crippen molar-refractivity contribution < 1.29 is 28.6 Å². The third-order valence-corrected chi connectivity index (χ3v) is 7.91. The predicted octanol–water partition coefficient (Wildman–Crippen LogP) is 8.68. The van der Waals surface area contributed by atoms with E-state index in [-0.39, 0.29) is 17.2 Å². The third-order valence-electron chi connectivity index (χ3n) is 7.91. The van der Waals surface area contributed by atoms with Gasteiger partial charge in [-0.1, -0.05) is 87.7 Å². The van der Waals surface area contributed by atoms with Crippen LogP contribution in [0.25, 0.3) is 0 Å². The molecular weight excluding hydrogens is 654 g/mol. The van der Waals surface area contributed by atoms with Crippen LogP contribution in [-0.4, -0.2) is 50.0 Å². The van der Waals surface area contributed by atoms with Gasteiger partial charge in [-0.15, -0.1) is 0 Å². The Labute approximate surface area is 307 Å². The normalized spacial score (nSPS) is 11.7. The van der Waals surface area contributed by atoms with Crippen molar-refractivity contribution in [1.82, 2.24) is 4.90 Å².